The molecule has 1 saturated carbocycles. The molecule has 8 nitrogen and oxygen atoms in total. The molecule has 2 heterocycles. The molecule has 2 unspecified atom stereocenters. The molecular weight excluding hydrogens is 416 g/mol. The van der Waals surface area contributed by atoms with Crippen LogP contribution >= 0.6 is 0 Å². The quantitative estimate of drug-likeness (QED) is 0.761. The van der Waals surface area contributed by atoms with E-state index in [-0.39, 0.29) is 16.2 Å². The number of aryl methyl sites for hydroxylation is 2. The Labute approximate surface area is 181 Å². The van der Waals surface area contributed by atoms with Gasteiger partial charge in [-0.15, -0.1) is 0 Å². The van der Waals surface area contributed by atoms with E-state index in [2.05, 4.69) is 28.1 Å². The Morgan fingerprint density at radius 2 is 1.87 bits per heavy atom. The van der Waals surface area contributed by atoms with Crippen molar-refractivity contribution in [3.05, 3.63) is 34.5 Å². The number of fused-ring (bicyclic) bond motifs is 3. The highest BCUT2D eigenvalue weighted by Gasteiger charge is 2.55. The number of carbonyl (C=O) groups excluding carboxylic acids is 1. The van der Waals surface area contributed by atoms with Gasteiger partial charge in [0.2, 0.25) is 5.88 Å². The van der Waals surface area contributed by atoms with Gasteiger partial charge in [0, 0.05) is 11.1 Å². The number of nitrogens with zero attached hydrogens (tertiary/aromatic N) is 2. The van der Waals surface area contributed by atoms with Crippen LogP contribution in [0.15, 0.2) is 17.2 Å². The Morgan fingerprint density at radius 3 is 2.52 bits per heavy atom. The highest BCUT2D eigenvalue weighted by Crippen LogP contribution is 2.56. The van der Waals surface area contributed by atoms with E-state index in [1.165, 1.54) is 17.3 Å². The van der Waals surface area contributed by atoms with Gasteiger partial charge in [0.05, 0.1) is 19.3 Å². The molecule has 164 valence electrons. The van der Waals surface area contributed by atoms with Gasteiger partial charge in [0.1, 0.15) is 0 Å². The lowest BCUT2D eigenvalue weighted by molar-refractivity contribution is 0.134. The molecule has 1 aromatic heterocycles. The molecule has 1 fully saturated rings. The molecule has 2 amide bonds. The van der Waals surface area contributed by atoms with Crippen LogP contribution < -0.4 is 14.8 Å². The normalized spacial score (nSPS) is 25.5. The highest BCUT2D eigenvalue weighted by atomic mass is 32.2. The predicted molar refractivity (Wildman–Crippen MR) is 114 cm³/mol. The number of ether oxygens (including phenoxy) is 1. The fraction of sp³-hybridized carbons (Fsp3) is 0.545. The number of rotatable bonds is 3. The zero-order valence-electron chi connectivity index (χ0n) is 17.5. The number of hydrogen-bond acceptors (Lipinski definition) is 5. The lowest BCUT2D eigenvalue weighted by atomic mass is 9.99. The largest absolute Gasteiger partial charge is 0.476 e. The van der Waals surface area contributed by atoms with Crippen molar-refractivity contribution < 1.29 is 17.9 Å². The van der Waals surface area contributed by atoms with E-state index >= 15 is 0 Å². The van der Waals surface area contributed by atoms with Crippen molar-refractivity contribution in [3.8, 4) is 5.88 Å². The molecule has 3 aliphatic carbocycles. The first kappa shape index (κ1) is 19.2. The van der Waals surface area contributed by atoms with Crippen LogP contribution in [0.2, 0.25) is 0 Å². The number of aromatic nitrogens is 2. The summed E-state index contributed by atoms with van der Waals surface area (Å²) in [6.45, 7) is 3.29. The van der Waals surface area contributed by atoms with Crippen LogP contribution in [0.3, 0.4) is 0 Å². The molecule has 1 aliphatic heterocycles. The minimum absolute atomic E-state index is 0.0684. The van der Waals surface area contributed by atoms with Gasteiger partial charge < -0.3 is 10.1 Å². The number of sulfonamides is 1. The molecule has 6 rings (SSSR count). The third kappa shape index (κ3) is 2.96. The zero-order valence-corrected chi connectivity index (χ0v) is 18.3. The molecule has 2 atom stereocenters. The number of anilines is 1. The van der Waals surface area contributed by atoms with Gasteiger partial charge in [0.15, 0.2) is 4.90 Å². The van der Waals surface area contributed by atoms with E-state index in [1.54, 1.807) is 4.68 Å². The summed E-state index contributed by atoms with van der Waals surface area (Å²) in [5, 5.41) is 7.09. The third-order valence-corrected chi connectivity index (χ3v) is 8.86. The zero-order chi connectivity index (χ0) is 21.4. The van der Waals surface area contributed by atoms with Gasteiger partial charge in [-0.2, -0.15) is 5.10 Å². The number of amides is 2. The fourth-order valence-corrected chi connectivity index (χ4v) is 6.60. The van der Waals surface area contributed by atoms with Gasteiger partial charge >= 0.3 is 6.03 Å². The van der Waals surface area contributed by atoms with Crippen LogP contribution in [0.5, 0.6) is 5.88 Å². The van der Waals surface area contributed by atoms with Crippen LogP contribution in [0.25, 0.3) is 0 Å². The molecule has 9 heteroatoms. The topological polar surface area (TPSA) is 102 Å². The monoisotopic (exact) mass is 442 g/mol. The lowest BCUT2D eigenvalue weighted by Gasteiger charge is -2.25. The molecule has 1 aromatic carbocycles. The molecule has 0 radical (unpaired) electrons. The van der Waals surface area contributed by atoms with Crippen molar-refractivity contribution in [2.75, 3.05) is 11.9 Å². The first-order chi connectivity index (χ1) is 14.9. The summed E-state index contributed by atoms with van der Waals surface area (Å²) in [7, 11) is -4.11. The van der Waals surface area contributed by atoms with E-state index in [4.69, 9.17) is 4.74 Å². The number of nitrogens with one attached hydrogen (secondary N) is 2. The highest BCUT2D eigenvalue weighted by molar-refractivity contribution is 7.90. The number of hydrogen-bond donors (Lipinski definition) is 2. The Bertz CT molecular complexity index is 1190. The van der Waals surface area contributed by atoms with Crippen molar-refractivity contribution in [1.82, 2.24) is 14.5 Å². The van der Waals surface area contributed by atoms with Gasteiger partial charge in [-0.3, -0.25) is 0 Å². The van der Waals surface area contributed by atoms with Crippen LogP contribution in [-0.4, -0.2) is 30.8 Å². The summed E-state index contributed by atoms with van der Waals surface area (Å²) in [4.78, 5) is 12.7. The molecule has 1 spiro atoms. The fourth-order valence-electron chi connectivity index (χ4n) is 5.61. The second-order valence-corrected chi connectivity index (χ2v) is 11.2. The van der Waals surface area contributed by atoms with Gasteiger partial charge in [-0.25, -0.2) is 22.6 Å². The number of carbonyl (C=O) groups is 1. The summed E-state index contributed by atoms with van der Waals surface area (Å²) >= 11 is 0. The molecule has 4 aliphatic rings. The van der Waals surface area contributed by atoms with Crippen molar-refractivity contribution in [2.45, 2.75) is 63.3 Å². The molecule has 2 aromatic rings. The molecule has 31 heavy (non-hydrogen) atoms. The van der Waals surface area contributed by atoms with E-state index in [0.29, 0.717) is 19.1 Å². The predicted octanol–water partition coefficient (Wildman–Crippen LogP) is 2.79. The van der Waals surface area contributed by atoms with Crippen molar-refractivity contribution in [2.24, 2.45) is 11.3 Å². The number of benzene rings is 1. The maximum absolute atomic E-state index is 13.0. The maximum atomic E-state index is 13.0. The van der Waals surface area contributed by atoms with E-state index in [0.717, 1.165) is 61.8 Å². The number of urea groups is 1. The summed E-state index contributed by atoms with van der Waals surface area (Å²) in [6.07, 6.45) is 8.30. The average Bonchev–Trinajstić information content (AvgIpc) is 3.22. The Hall–Kier alpha value is -2.55. The summed E-state index contributed by atoms with van der Waals surface area (Å²) < 4.78 is 35.5. The average molecular weight is 443 g/mol. The van der Waals surface area contributed by atoms with Crippen LogP contribution in [-0.2, 0) is 42.3 Å². The standard InChI is InChI=1S/C22H26N4O4S/c1-13-9-22(13)11-26-20(30-12-22)18(10-23-26)31(28,29)25-21(27)24-19-16-6-2-4-14(16)8-15-5-3-7-17(15)19/h8,10,13H,2-7,9,11-12H2,1H3,(H2,24,25,27). The smallest absolute Gasteiger partial charge is 0.333 e. The van der Waals surface area contributed by atoms with E-state index in [9.17, 15) is 13.2 Å². The third-order valence-electron chi connectivity index (χ3n) is 7.55. The first-order valence-electron chi connectivity index (χ1n) is 11.1. The van der Waals surface area contributed by atoms with Crippen molar-refractivity contribution in [3.63, 3.8) is 0 Å². The minimum Gasteiger partial charge on any atom is -0.476 e. The summed E-state index contributed by atoms with van der Waals surface area (Å²) in [5.74, 6) is 0.759. The van der Waals surface area contributed by atoms with Crippen LogP contribution in [0.1, 0.15) is 48.4 Å². The van der Waals surface area contributed by atoms with Crippen LogP contribution in [0, 0.1) is 11.3 Å². The Balaban J connectivity index is 1.24. The van der Waals surface area contributed by atoms with E-state index in [1.807, 2.05) is 0 Å². The van der Waals surface area contributed by atoms with Crippen molar-refractivity contribution in [1.29, 1.82) is 0 Å². The molecule has 2 N–H and O–H groups in total. The first-order valence-corrected chi connectivity index (χ1v) is 12.5. The lowest BCUT2D eigenvalue weighted by Crippen LogP contribution is -2.35. The van der Waals surface area contributed by atoms with Gasteiger partial charge in [-0.1, -0.05) is 13.0 Å². The second-order valence-electron chi connectivity index (χ2n) is 9.52. The minimum atomic E-state index is -4.11. The molecule has 0 bridgehead atoms. The Morgan fingerprint density at radius 1 is 1.19 bits per heavy atom. The summed E-state index contributed by atoms with van der Waals surface area (Å²) in [5.41, 5.74) is 5.75. The SMILES string of the molecule is CC1CC12COc1c(S(=O)(=O)NC(=O)Nc3c4c(cc5c3CCC5)CCC4)cnn1C2. The summed E-state index contributed by atoms with van der Waals surface area (Å²) in [6, 6.07) is 1.53. The van der Waals surface area contributed by atoms with Gasteiger partial charge in [-0.05, 0) is 73.1 Å². The van der Waals surface area contributed by atoms with Crippen molar-refractivity contribution >= 4 is 21.7 Å². The second kappa shape index (κ2) is 6.48. The van der Waals surface area contributed by atoms with Crippen LogP contribution in [0.4, 0.5) is 10.5 Å². The van der Waals surface area contributed by atoms with E-state index < -0.39 is 16.1 Å². The Kier molecular flexibility index (Phi) is 4.00. The molecular formula is C22H26N4O4S. The molecule has 0 saturated heterocycles. The van der Waals surface area contributed by atoms with Gasteiger partial charge in [0.25, 0.3) is 10.0 Å². The maximum Gasteiger partial charge on any atom is 0.333 e.